The zero-order valence-corrected chi connectivity index (χ0v) is 18.2. The Bertz CT molecular complexity index is 1130. The van der Waals surface area contributed by atoms with Gasteiger partial charge in [-0.1, -0.05) is 54.6 Å². The monoisotopic (exact) mass is 447 g/mol. The smallest absolute Gasteiger partial charge is 0.253 e. The number of benzene rings is 3. The number of hydrogen-bond acceptors (Lipinski definition) is 3. The fourth-order valence-corrected chi connectivity index (χ4v) is 3.12. The molecule has 0 fully saturated rings. The molecule has 0 atom stereocenters. The SMILES string of the molecule is CN(C(=S)NC(=O)C=Cc1ccc(F)cc1)c1ccccc1C(=O)NCc1ccccc1. The number of carbonyl (C=O) groups is 2. The van der Waals surface area contributed by atoms with Crippen LogP contribution in [0.4, 0.5) is 10.1 Å². The molecule has 2 N–H and O–H groups in total. The van der Waals surface area contributed by atoms with Crippen LogP contribution in [0, 0.1) is 5.82 Å². The normalized spacial score (nSPS) is 10.6. The number of carbonyl (C=O) groups excluding carboxylic acids is 2. The number of halogens is 1. The van der Waals surface area contributed by atoms with E-state index < -0.39 is 5.91 Å². The summed E-state index contributed by atoms with van der Waals surface area (Å²) in [7, 11) is 1.68. The number of para-hydroxylation sites is 1. The van der Waals surface area contributed by atoms with Crippen molar-refractivity contribution in [3.8, 4) is 0 Å². The number of anilines is 1. The lowest BCUT2D eigenvalue weighted by Crippen LogP contribution is -2.40. The molecule has 0 aromatic heterocycles. The molecule has 0 saturated carbocycles. The number of thiocarbonyl (C=S) groups is 1. The van der Waals surface area contributed by atoms with Crippen molar-refractivity contribution in [2.75, 3.05) is 11.9 Å². The Morgan fingerprint density at radius 3 is 2.34 bits per heavy atom. The molecule has 3 rings (SSSR count). The summed E-state index contributed by atoms with van der Waals surface area (Å²) in [6.45, 7) is 0.396. The summed E-state index contributed by atoms with van der Waals surface area (Å²) in [6, 6.07) is 22.4. The maximum atomic E-state index is 13.0. The number of nitrogens with one attached hydrogen (secondary N) is 2. The van der Waals surface area contributed by atoms with Crippen molar-refractivity contribution in [3.05, 3.63) is 107 Å². The number of amides is 2. The van der Waals surface area contributed by atoms with Crippen molar-refractivity contribution < 1.29 is 14.0 Å². The Kier molecular flexibility index (Phi) is 7.83. The van der Waals surface area contributed by atoms with Crippen molar-refractivity contribution in [2.45, 2.75) is 6.54 Å². The summed E-state index contributed by atoms with van der Waals surface area (Å²) in [5.41, 5.74) is 2.67. The quantitative estimate of drug-likeness (QED) is 0.437. The van der Waals surface area contributed by atoms with Crippen LogP contribution in [0.2, 0.25) is 0 Å². The predicted molar refractivity (Wildman–Crippen MR) is 129 cm³/mol. The van der Waals surface area contributed by atoms with E-state index in [9.17, 15) is 14.0 Å². The van der Waals surface area contributed by atoms with Crippen LogP contribution in [0.15, 0.2) is 84.9 Å². The molecule has 5 nitrogen and oxygen atoms in total. The first kappa shape index (κ1) is 22.8. The van der Waals surface area contributed by atoms with Gasteiger partial charge in [-0.2, -0.15) is 0 Å². The molecule has 2 amide bonds. The maximum Gasteiger partial charge on any atom is 0.253 e. The molecule has 0 bridgehead atoms. The van der Waals surface area contributed by atoms with E-state index in [2.05, 4.69) is 10.6 Å². The lowest BCUT2D eigenvalue weighted by molar-refractivity contribution is -0.115. The Balaban J connectivity index is 1.64. The second-order valence-corrected chi connectivity index (χ2v) is 7.31. The van der Waals surface area contributed by atoms with Gasteiger partial charge in [-0.05, 0) is 53.7 Å². The first-order chi connectivity index (χ1) is 15.4. The van der Waals surface area contributed by atoms with E-state index in [1.165, 1.54) is 18.2 Å². The fourth-order valence-electron chi connectivity index (χ4n) is 2.92. The minimum absolute atomic E-state index is 0.141. The van der Waals surface area contributed by atoms with E-state index in [0.717, 1.165) is 5.56 Å². The van der Waals surface area contributed by atoms with Crippen LogP contribution in [-0.2, 0) is 11.3 Å². The highest BCUT2D eigenvalue weighted by Crippen LogP contribution is 2.19. The molecule has 7 heteroatoms. The van der Waals surface area contributed by atoms with Crippen LogP contribution in [0.5, 0.6) is 0 Å². The van der Waals surface area contributed by atoms with E-state index in [0.29, 0.717) is 23.4 Å². The van der Waals surface area contributed by atoms with Gasteiger partial charge in [0, 0.05) is 19.7 Å². The van der Waals surface area contributed by atoms with Crippen molar-refractivity contribution >= 4 is 40.9 Å². The Morgan fingerprint density at radius 1 is 0.969 bits per heavy atom. The first-order valence-corrected chi connectivity index (χ1v) is 10.3. The minimum Gasteiger partial charge on any atom is -0.348 e. The van der Waals surface area contributed by atoms with Crippen molar-refractivity contribution in [1.82, 2.24) is 10.6 Å². The van der Waals surface area contributed by atoms with Crippen LogP contribution in [0.3, 0.4) is 0 Å². The van der Waals surface area contributed by atoms with Gasteiger partial charge in [0.15, 0.2) is 5.11 Å². The summed E-state index contributed by atoms with van der Waals surface area (Å²) in [5, 5.41) is 5.65. The van der Waals surface area contributed by atoms with Crippen molar-refractivity contribution in [2.24, 2.45) is 0 Å². The average Bonchev–Trinajstić information content (AvgIpc) is 2.82. The molecule has 0 aliphatic rings. The zero-order chi connectivity index (χ0) is 22.9. The molecule has 0 spiro atoms. The van der Waals surface area contributed by atoms with Gasteiger partial charge in [-0.3, -0.25) is 14.9 Å². The molecular weight excluding hydrogens is 425 g/mol. The van der Waals surface area contributed by atoms with Crippen molar-refractivity contribution in [1.29, 1.82) is 0 Å². The summed E-state index contributed by atoms with van der Waals surface area (Å²) >= 11 is 5.35. The van der Waals surface area contributed by atoms with Crippen LogP contribution < -0.4 is 15.5 Å². The Morgan fingerprint density at radius 2 is 1.62 bits per heavy atom. The maximum absolute atomic E-state index is 13.0. The van der Waals surface area contributed by atoms with Gasteiger partial charge >= 0.3 is 0 Å². The van der Waals surface area contributed by atoms with Crippen LogP contribution in [-0.4, -0.2) is 24.0 Å². The summed E-state index contributed by atoms with van der Waals surface area (Å²) in [4.78, 5) is 26.6. The predicted octanol–water partition coefficient (Wildman–Crippen LogP) is 4.31. The molecule has 0 unspecified atom stereocenters. The van der Waals surface area contributed by atoms with E-state index in [1.54, 1.807) is 54.4 Å². The molecule has 0 aliphatic carbocycles. The van der Waals surface area contributed by atoms with Crippen LogP contribution in [0.1, 0.15) is 21.5 Å². The summed E-state index contributed by atoms with van der Waals surface area (Å²) in [6.07, 6.45) is 2.87. The van der Waals surface area contributed by atoms with Crippen molar-refractivity contribution in [3.63, 3.8) is 0 Å². The van der Waals surface area contributed by atoms with Gasteiger partial charge in [0.1, 0.15) is 5.82 Å². The molecule has 0 saturated heterocycles. The summed E-state index contributed by atoms with van der Waals surface area (Å²) in [5.74, 6) is -1.03. The lowest BCUT2D eigenvalue weighted by atomic mass is 10.1. The molecule has 0 radical (unpaired) electrons. The minimum atomic E-state index is -0.433. The summed E-state index contributed by atoms with van der Waals surface area (Å²) < 4.78 is 13.0. The second-order valence-electron chi connectivity index (χ2n) is 6.92. The second kappa shape index (κ2) is 11.0. The van der Waals surface area contributed by atoms with Gasteiger partial charge in [0.2, 0.25) is 5.91 Å². The topological polar surface area (TPSA) is 61.4 Å². The third kappa shape index (κ3) is 6.33. The standard InChI is InChI=1S/C25H22FN3O2S/c1-29(25(32)28-23(30)16-13-18-11-14-20(26)15-12-18)22-10-6-5-9-21(22)24(31)27-17-19-7-3-2-4-8-19/h2-16H,17H2,1H3,(H,27,31)(H,28,30,32). The van der Waals surface area contributed by atoms with Crippen LogP contribution >= 0.6 is 12.2 Å². The third-order valence-corrected chi connectivity index (χ3v) is 5.01. The fraction of sp³-hybridized carbons (Fsp3) is 0.0800. The Hall–Kier alpha value is -3.84. The Labute approximate surface area is 191 Å². The molecule has 3 aromatic carbocycles. The van der Waals surface area contributed by atoms with E-state index in [1.807, 2.05) is 30.3 Å². The number of rotatable bonds is 6. The van der Waals surface area contributed by atoms with Gasteiger partial charge in [-0.25, -0.2) is 4.39 Å². The van der Waals surface area contributed by atoms with Gasteiger partial charge in [-0.15, -0.1) is 0 Å². The lowest BCUT2D eigenvalue weighted by Gasteiger charge is -2.22. The molecule has 0 heterocycles. The van der Waals surface area contributed by atoms with Gasteiger partial charge in [0.25, 0.3) is 5.91 Å². The number of nitrogens with zero attached hydrogens (tertiary/aromatic N) is 1. The van der Waals surface area contributed by atoms with E-state index in [4.69, 9.17) is 12.2 Å². The van der Waals surface area contributed by atoms with E-state index in [-0.39, 0.29) is 16.8 Å². The highest BCUT2D eigenvalue weighted by atomic mass is 32.1. The molecule has 0 aliphatic heterocycles. The highest BCUT2D eigenvalue weighted by Gasteiger charge is 2.17. The molecule has 32 heavy (non-hydrogen) atoms. The van der Waals surface area contributed by atoms with Gasteiger partial charge < -0.3 is 10.2 Å². The highest BCUT2D eigenvalue weighted by molar-refractivity contribution is 7.80. The zero-order valence-electron chi connectivity index (χ0n) is 17.4. The first-order valence-electron chi connectivity index (χ1n) is 9.87. The third-order valence-electron chi connectivity index (χ3n) is 4.64. The molecule has 3 aromatic rings. The molecule has 162 valence electrons. The number of hydrogen-bond donors (Lipinski definition) is 2. The van der Waals surface area contributed by atoms with E-state index >= 15 is 0 Å². The van der Waals surface area contributed by atoms with Gasteiger partial charge in [0.05, 0.1) is 11.3 Å². The van der Waals surface area contributed by atoms with Crippen LogP contribution in [0.25, 0.3) is 6.08 Å². The largest absolute Gasteiger partial charge is 0.348 e. The average molecular weight is 448 g/mol. The molecular formula is C25H22FN3O2S.